The highest BCUT2D eigenvalue weighted by atomic mass is 35.5. The number of ether oxygens (including phenoxy) is 2. The highest BCUT2D eigenvalue weighted by Gasteiger charge is 2.33. The Morgan fingerprint density at radius 3 is 2.28 bits per heavy atom. The molecule has 1 aliphatic carbocycles. The van der Waals surface area contributed by atoms with E-state index in [0.717, 1.165) is 35.6 Å². The topological polar surface area (TPSA) is 105 Å². The van der Waals surface area contributed by atoms with E-state index in [1.54, 1.807) is 49.4 Å². The van der Waals surface area contributed by atoms with Crippen LogP contribution in [0.15, 0.2) is 71.6 Å². The molecular weight excluding hydrogens is 590 g/mol. The predicted molar refractivity (Wildman–Crippen MR) is 167 cm³/mol. The van der Waals surface area contributed by atoms with Gasteiger partial charge in [0, 0.05) is 23.7 Å². The Morgan fingerprint density at radius 1 is 0.977 bits per heavy atom. The van der Waals surface area contributed by atoms with Gasteiger partial charge in [-0.15, -0.1) is 0 Å². The first kappa shape index (κ1) is 32.2. The van der Waals surface area contributed by atoms with Gasteiger partial charge in [0.1, 0.15) is 12.6 Å². The fourth-order valence-electron chi connectivity index (χ4n) is 5.15. The summed E-state index contributed by atoms with van der Waals surface area (Å²) in [5.74, 6) is -0.224. The van der Waals surface area contributed by atoms with Crippen LogP contribution in [0.2, 0.25) is 5.02 Å². The molecule has 0 radical (unpaired) electrons. The molecule has 1 atom stereocenters. The van der Waals surface area contributed by atoms with Crippen LogP contribution in [0.1, 0.15) is 43.7 Å². The summed E-state index contributed by atoms with van der Waals surface area (Å²) in [5.41, 5.74) is 1.95. The molecule has 4 rings (SSSR count). The van der Waals surface area contributed by atoms with E-state index in [1.807, 2.05) is 13.0 Å². The SMILES string of the molecule is COc1ccc(S(=O)(=O)N(CC(=O)N(Cc2cccc(Cl)c2)C(C)C(=O)NC2CCCC2)c2ccc(C)cc2)cc1OC. The third-order valence-electron chi connectivity index (χ3n) is 7.65. The van der Waals surface area contributed by atoms with Crippen molar-refractivity contribution in [3.63, 3.8) is 0 Å². The zero-order valence-corrected chi connectivity index (χ0v) is 26.5. The Morgan fingerprint density at radius 2 is 1.65 bits per heavy atom. The third-order valence-corrected chi connectivity index (χ3v) is 9.66. The second kappa shape index (κ2) is 14.1. The number of nitrogens with zero attached hydrogens (tertiary/aromatic N) is 2. The van der Waals surface area contributed by atoms with Gasteiger partial charge in [-0.25, -0.2) is 8.42 Å². The predicted octanol–water partition coefficient (Wildman–Crippen LogP) is 5.34. The van der Waals surface area contributed by atoms with Gasteiger partial charge >= 0.3 is 0 Å². The van der Waals surface area contributed by atoms with Gasteiger partial charge < -0.3 is 19.7 Å². The molecule has 2 amide bonds. The lowest BCUT2D eigenvalue weighted by molar-refractivity contribution is -0.139. The summed E-state index contributed by atoms with van der Waals surface area (Å²) in [6, 6.07) is 17.4. The lowest BCUT2D eigenvalue weighted by Gasteiger charge is -2.32. The van der Waals surface area contributed by atoms with Crippen molar-refractivity contribution in [1.82, 2.24) is 10.2 Å². The minimum absolute atomic E-state index is 0.0626. The van der Waals surface area contributed by atoms with Crippen molar-refractivity contribution in [3.8, 4) is 11.5 Å². The van der Waals surface area contributed by atoms with Crippen molar-refractivity contribution in [2.45, 2.75) is 63.1 Å². The van der Waals surface area contributed by atoms with E-state index in [-0.39, 0.29) is 29.1 Å². The minimum atomic E-state index is -4.27. The van der Waals surface area contributed by atoms with E-state index in [1.165, 1.54) is 37.3 Å². The fraction of sp³-hybridized carbons (Fsp3) is 0.375. The molecular formula is C32H38ClN3O6S. The Hall–Kier alpha value is -3.76. The smallest absolute Gasteiger partial charge is 0.264 e. The van der Waals surface area contributed by atoms with Crippen molar-refractivity contribution < 1.29 is 27.5 Å². The fourth-order valence-corrected chi connectivity index (χ4v) is 6.79. The maximum atomic E-state index is 14.1. The Kier molecular flexibility index (Phi) is 10.6. The molecule has 11 heteroatoms. The number of halogens is 1. The minimum Gasteiger partial charge on any atom is -0.493 e. The number of amides is 2. The van der Waals surface area contributed by atoms with Crippen molar-refractivity contribution >= 4 is 39.1 Å². The lowest BCUT2D eigenvalue weighted by Crippen LogP contribution is -2.52. The number of carbonyl (C=O) groups excluding carboxylic acids is 2. The molecule has 0 spiro atoms. The summed E-state index contributed by atoms with van der Waals surface area (Å²) in [4.78, 5) is 28.8. The number of hydrogen-bond acceptors (Lipinski definition) is 6. The van der Waals surface area contributed by atoms with E-state index in [0.29, 0.717) is 22.0 Å². The molecule has 1 unspecified atom stereocenters. The molecule has 1 N–H and O–H groups in total. The zero-order chi connectivity index (χ0) is 31.1. The number of aryl methyl sites for hydroxylation is 1. The van der Waals surface area contributed by atoms with Gasteiger partial charge in [-0.2, -0.15) is 0 Å². The lowest BCUT2D eigenvalue weighted by atomic mass is 10.1. The summed E-state index contributed by atoms with van der Waals surface area (Å²) in [5, 5.41) is 3.56. The van der Waals surface area contributed by atoms with Gasteiger partial charge in [0.05, 0.1) is 24.8 Å². The molecule has 9 nitrogen and oxygen atoms in total. The normalized spacial score (nSPS) is 14.2. The van der Waals surface area contributed by atoms with Crippen LogP contribution >= 0.6 is 11.6 Å². The number of nitrogens with one attached hydrogen (secondary N) is 1. The highest BCUT2D eigenvalue weighted by molar-refractivity contribution is 7.92. The third kappa shape index (κ3) is 7.80. The number of hydrogen-bond donors (Lipinski definition) is 1. The van der Waals surface area contributed by atoms with Crippen LogP contribution in [-0.2, 0) is 26.2 Å². The maximum Gasteiger partial charge on any atom is 0.264 e. The molecule has 0 aromatic heterocycles. The molecule has 1 aliphatic rings. The highest BCUT2D eigenvalue weighted by Crippen LogP contribution is 2.32. The average molecular weight is 628 g/mol. The van der Waals surface area contributed by atoms with Gasteiger partial charge in [-0.1, -0.05) is 54.3 Å². The summed E-state index contributed by atoms with van der Waals surface area (Å²) in [6.45, 7) is 3.07. The van der Waals surface area contributed by atoms with E-state index < -0.39 is 28.5 Å². The van der Waals surface area contributed by atoms with Crippen molar-refractivity contribution in [1.29, 1.82) is 0 Å². The molecule has 43 heavy (non-hydrogen) atoms. The average Bonchev–Trinajstić information content (AvgIpc) is 3.51. The molecule has 0 aliphatic heterocycles. The van der Waals surface area contributed by atoms with Crippen LogP contribution in [0.4, 0.5) is 5.69 Å². The Bertz CT molecular complexity index is 1540. The van der Waals surface area contributed by atoms with Gasteiger partial charge in [0.15, 0.2) is 11.5 Å². The van der Waals surface area contributed by atoms with Crippen molar-refractivity contribution in [2.24, 2.45) is 0 Å². The molecule has 0 bridgehead atoms. The number of carbonyl (C=O) groups is 2. The Balaban J connectivity index is 1.71. The number of anilines is 1. The maximum absolute atomic E-state index is 14.1. The first-order chi connectivity index (χ1) is 20.5. The van der Waals surface area contributed by atoms with Crippen LogP contribution in [0.25, 0.3) is 0 Å². The van der Waals surface area contributed by atoms with Gasteiger partial charge in [0.2, 0.25) is 11.8 Å². The molecule has 0 saturated heterocycles. The van der Waals surface area contributed by atoms with Crippen molar-refractivity contribution in [2.75, 3.05) is 25.1 Å². The number of rotatable bonds is 12. The largest absolute Gasteiger partial charge is 0.493 e. The van der Waals surface area contributed by atoms with E-state index in [2.05, 4.69) is 5.32 Å². The van der Waals surface area contributed by atoms with Crippen LogP contribution < -0.4 is 19.1 Å². The first-order valence-corrected chi connectivity index (χ1v) is 16.0. The molecule has 1 saturated carbocycles. The number of methoxy groups -OCH3 is 2. The quantitative estimate of drug-likeness (QED) is 0.291. The second-order valence-corrected chi connectivity index (χ2v) is 13.0. The second-order valence-electron chi connectivity index (χ2n) is 10.7. The standard InChI is InChI=1S/C32H38ClN3O6S/c1-22-12-14-27(15-13-22)36(43(39,40)28-16-17-29(41-3)30(19-28)42-4)21-31(37)35(20-24-8-7-9-25(33)18-24)23(2)32(38)34-26-10-5-6-11-26/h7-9,12-19,23,26H,5-6,10-11,20-21H2,1-4H3,(H,34,38). The van der Waals surface area contributed by atoms with Gasteiger partial charge in [-0.05, 0) is 68.7 Å². The zero-order valence-electron chi connectivity index (χ0n) is 24.9. The van der Waals surface area contributed by atoms with E-state index in [4.69, 9.17) is 21.1 Å². The van der Waals surface area contributed by atoms with Crippen LogP contribution in [-0.4, -0.2) is 58.0 Å². The summed E-state index contributed by atoms with van der Waals surface area (Å²) in [6.07, 6.45) is 3.88. The molecule has 230 valence electrons. The van der Waals surface area contributed by atoms with E-state index >= 15 is 0 Å². The summed E-state index contributed by atoms with van der Waals surface area (Å²) in [7, 11) is -1.39. The van der Waals surface area contributed by atoms with Gasteiger partial charge in [0.25, 0.3) is 10.0 Å². The first-order valence-electron chi connectivity index (χ1n) is 14.2. The van der Waals surface area contributed by atoms with E-state index in [9.17, 15) is 18.0 Å². The molecule has 1 fully saturated rings. The number of benzene rings is 3. The van der Waals surface area contributed by atoms with Gasteiger partial charge in [-0.3, -0.25) is 13.9 Å². The summed E-state index contributed by atoms with van der Waals surface area (Å²) >= 11 is 6.23. The van der Waals surface area contributed by atoms with Crippen molar-refractivity contribution in [3.05, 3.63) is 82.9 Å². The van der Waals surface area contributed by atoms with Crippen LogP contribution in [0.5, 0.6) is 11.5 Å². The monoisotopic (exact) mass is 627 g/mol. The Labute approximate surface area is 258 Å². The molecule has 0 heterocycles. The van der Waals surface area contributed by atoms with Crippen LogP contribution in [0, 0.1) is 6.92 Å². The molecule has 3 aromatic rings. The molecule has 3 aromatic carbocycles. The number of sulfonamides is 1. The summed E-state index contributed by atoms with van der Waals surface area (Å²) < 4.78 is 40.0. The van der Waals surface area contributed by atoms with Crippen LogP contribution in [0.3, 0.4) is 0 Å².